The van der Waals surface area contributed by atoms with Crippen molar-refractivity contribution >= 4 is 5.69 Å². The molecule has 0 heterocycles. The Kier molecular flexibility index (Phi) is 3.91. The van der Waals surface area contributed by atoms with Crippen LogP contribution in [-0.4, -0.2) is 26.7 Å². The van der Waals surface area contributed by atoms with Gasteiger partial charge in [0.2, 0.25) is 0 Å². The molecule has 1 aromatic rings. The van der Waals surface area contributed by atoms with Crippen LogP contribution in [-0.2, 0) is 0 Å². The lowest BCUT2D eigenvalue weighted by Gasteiger charge is -2.21. The molecular weight excluding hydrogens is 195 g/mol. The molecule has 0 saturated carbocycles. The third kappa shape index (κ3) is 3.09. The van der Waals surface area contributed by atoms with Gasteiger partial charge in [0.25, 0.3) is 0 Å². The molecule has 0 radical (unpaired) electrons. The SMILES string of the molecule is COc1ccc(N(C)CC(C)N)cc1F. The molecule has 0 aliphatic rings. The maximum Gasteiger partial charge on any atom is 0.167 e. The van der Waals surface area contributed by atoms with Gasteiger partial charge in [0.05, 0.1) is 7.11 Å². The Morgan fingerprint density at radius 3 is 2.67 bits per heavy atom. The van der Waals surface area contributed by atoms with Gasteiger partial charge in [-0.05, 0) is 19.1 Å². The highest BCUT2D eigenvalue weighted by atomic mass is 19.1. The fourth-order valence-corrected chi connectivity index (χ4v) is 1.43. The van der Waals surface area contributed by atoms with Gasteiger partial charge in [-0.15, -0.1) is 0 Å². The van der Waals surface area contributed by atoms with Crippen LogP contribution in [0.2, 0.25) is 0 Å². The lowest BCUT2D eigenvalue weighted by Crippen LogP contribution is -2.32. The van der Waals surface area contributed by atoms with Gasteiger partial charge >= 0.3 is 0 Å². The lowest BCUT2D eigenvalue weighted by molar-refractivity contribution is 0.386. The van der Waals surface area contributed by atoms with Crippen molar-refractivity contribution in [2.24, 2.45) is 5.73 Å². The first-order valence-corrected chi connectivity index (χ1v) is 4.85. The molecular formula is C11H17FN2O. The highest BCUT2D eigenvalue weighted by Gasteiger charge is 2.07. The summed E-state index contributed by atoms with van der Waals surface area (Å²) in [6.45, 7) is 2.60. The quantitative estimate of drug-likeness (QED) is 0.824. The highest BCUT2D eigenvalue weighted by Crippen LogP contribution is 2.22. The van der Waals surface area contributed by atoms with Crippen molar-refractivity contribution in [3.8, 4) is 5.75 Å². The number of rotatable bonds is 4. The minimum atomic E-state index is -0.355. The van der Waals surface area contributed by atoms with Crippen LogP contribution in [0.15, 0.2) is 18.2 Å². The van der Waals surface area contributed by atoms with Crippen LogP contribution in [0, 0.1) is 5.82 Å². The Hall–Kier alpha value is -1.29. The van der Waals surface area contributed by atoms with Gasteiger partial charge in [0, 0.05) is 31.4 Å². The molecule has 15 heavy (non-hydrogen) atoms. The summed E-state index contributed by atoms with van der Waals surface area (Å²) in [6, 6.07) is 4.92. The van der Waals surface area contributed by atoms with Gasteiger partial charge in [-0.2, -0.15) is 0 Å². The number of ether oxygens (including phenoxy) is 1. The highest BCUT2D eigenvalue weighted by molar-refractivity contribution is 5.49. The maximum atomic E-state index is 13.4. The summed E-state index contributed by atoms with van der Waals surface area (Å²) in [5.41, 5.74) is 6.46. The molecule has 4 heteroatoms. The molecule has 0 amide bonds. The molecule has 84 valence electrons. The first kappa shape index (κ1) is 11.8. The normalized spacial score (nSPS) is 12.3. The first-order valence-electron chi connectivity index (χ1n) is 4.85. The van der Waals surface area contributed by atoms with Crippen molar-refractivity contribution < 1.29 is 9.13 Å². The van der Waals surface area contributed by atoms with Crippen LogP contribution >= 0.6 is 0 Å². The van der Waals surface area contributed by atoms with Gasteiger partial charge in [-0.1, -0.05) is 0 Å². The first-order chi connectivity index (χ1) is 7.04. The number of nitrogens with two attached hydrogens (primary N) is 1. The van der Waals surface area contributed by atoms with Crippen LogP contribution < -0.4 is 15.4 Å². The Morgan fingerprint density at radius 1 is 1.53 bits per heavy atom. The Labute approximate surface area is 89.6 Å². The van der Waals surface area contributed by atoms with Gasteiger partial charge < -0.3 is 15.4 Å². The molecule has 0 aliphatic heterocycles. The molecule has 0 spiro atoms. The molecule has 1 rings (SSSR count). The monoisotopic (exact) mass is 212 g/mol. The number of hydrogen-bond donors (Lipinski definition) is 1. The summed E-state index contributed by atoms with van der Waals surface area (Å²) in [7, 11) is 3.33. The number of hydrogen-bond acceptors (Lipinski definition) is 3. The molecule has 0 saturated heterocycles. The van der Waals surface area contributed by atoms with Crippen LogP contribution in [0.25, 0.3) is 0 Å². The van der Waals surface area contributed by atoms with Gasteiger partial charge in [-0.25, -0.2) is 4.39 Å². The molecule has 1 unspecified atom stereocenters. The van der Waals surface area contributed by atoms with E-state index >= 15 is 0 Å². The van der Waals surface area contributed by atoms with E-state index in [9.17, 15) is 4.39 Å². The smallest absolute Gasteiger partial charge is 0.167 e. The van der Waals surface area contributed by atoms with E-state index in [0.29, 0.717) is 6.54 Å². The number of nitrogens with zero attached hydrogens (tertiary/aromatic N) is 1. The molecule has 3 nitrogen and oxygen atoms in total. The number of methoxy groups -OCH3 is 1. The fraction of sp³-hybridized carbons (Fsp3) is 0.455. The summed E-state index contributed by atoms with van der Waals surface area (Å²) in [4.78, 5) is 1.91. The minimum Gasteiger partial charge on any atom is -0.494 e. The average molecular weight is 212 g/mol. The van der Waals surface area contributed by atoms with E-state index in [-0.39, 0.29) is 17.6 Å². The van der Waals surface area contributed by atoms with Crippen LogP contribution in [0.4, 0.5) is 10.1 Å². The van der Waals surface area contributed by atoms with Crippen molar-refractivity contribution in [2.45, 2.75) is 13.0 Å². The zero-order valence-corrected chi connectivity index (χ0v) is 9.33. The largest absolute Gasteiger partial charge is 0.494 e. The topological polar surface area (TPSA) is 38.5 Å². The predicted molar refractivity (Wildman–Crippen MR) is 59.9 cm³/mol. The van der Waals surface area contributed by atoms with E-state index in [4.69, 9.17) is 10.5 Å². The van der Waals surface area contributed by atoms with E-state index in [0.717, 1.165) is 5.69 Å². The van der Waals surface area contributed by atoms with E-state index < -0.39 is 0 Å². The van der Waals surface area contributed by atoms with Gasteiger partial charge in [0.15, 0.2) is 11.6 Å². The number of benzene rings is 1. The third-order valence-corrected chi connectivity index (χ3v) is 2.14. The summed E-state index contributed by atoms with van der Waals surface area (Å²) >= 11 is 0. The van der Waals surface area contributed by atoms with Crippen LogP contribution in [0.5, 0.6) is 5.75 Å². The Balaban J connectivity index is 2.82. The Bertz CT molecular complexity index is 328. The summed E-state index contributed by atoms with van der Waals surface area (Å²) < 4.78 is 18.2. The van der Waals surface area contributed by atoms with Crippen LogP contribution in [0.3, 0.4) is 0 Å². The van der Waals surface area contributed by atoms with Crippen molar-refractivity contribution in [1.29, 1.82) is 0 Å². The summed E-state index contributed by atoms with van der Waals surface area (Å²) in [6.07, 6.45) is 0. The molecule has 0 fully saturated rings. The third-order valence-electron chi connectivity index (χ3n) is 2.14. The zero-order valence-electron chi connectivity index (χ0n) is 9.33. The number of halogens is 1. The minimum absolute atomic E-state index is 0.0557. The second-order valence-electron chi connectivity index (χ2n) is 3.68. The second-order valence-corrected chi connectivity index (χ2v) is 3.68. The van der Waals surface area contributed by atoms with Crippen LogP contribution in [0.1, 0.15) is 6.92 Å². The van der Waals surface area contributed by atoms with E-state index in [1.54, 1.807) is 6.07 Å². The molecule has 2 N–H and O–H groups in total. The Morgan fingerprint density at radius 2 is 2.20 bits per heavy atom. The van der Waals surface area contributed by atoms with E-state index in [1.165, 1.54) is 13.2 Å². The fourth-order valence-electron chi connectivity index (χ4n) is 1.43. The zero-order chi connectivity index (χ0) is 11.4. The number of anilines is 1. The molecule has 1 atom stereocenters. The second kappa shape index (κ2) is 4.98. The molecule has 0 aromatic heterocycles. The van der Waals surface area contributed by atoms with Gasteiger partial charge in [-0.3, -0.25) is 0 Å². The molecule has 0 bridgehead atoms. The predicted octanol–water partition coefficient (Wildman–Crippen LogP) is 1.62. The van der Waals surface area contributed by atoms with Crippen molar-refractivity contribution in [3.05, 3.63) is 24.0 Å². The summed E-state index contributed by atoms with van der Waals surface area (Å²) in [5.74, 6) is -0.0977. The molecule has 0 aliphatic carbocycles. The summed E-state index contributed by atoms with van der Waals surface area (Å²) in [5, 5.41) is 0. The van der Waals surface area contributed by atoms with E-state index in [2.05, 4.69) is 0 Å². The van der Waals surface area contributed by atoms with Crippen molar-refractivity contribution in [1.82, 2.24) is 0 Å². The van der Waals surface area contributed by atoms with Crippen molar-refractivity contribution in [3.63, 3.8) is 0 Å². The standard InChI is InChI=1S/C11H17FN2O/c1-8(13)7-14(2)9-4-5-11(15-3)10(12)6-9/h4-6,8H,7,13H2,1-3H3. The average Bonchev–Trinajstić information content (AvgIpc) is 2.16. The van der Waals surface area contributed by atoms with E-state index in [1.807, 2.05) is 24.9 Å². The maximum absolute atomic E-state index is 13.4. The lowest BCUT2D eigenvalue weighted by atomic mass is 10.2. The molecule has 1 aromatic carbocycles. The van der Waals surface area contributed by atoms with Crippen molar-refractivity contribution in [2.75, 3.05) is 25.6 Å². The number of likely N-dealkylation sites (N-methyl/N-ethyl adjacent to an activating group) is 1. The van der Waals surface area contributed by atoms with Gasteiger partial charge in [0.1, 0.15) is 0 Å².